The molecule has 0 aliphatic heterocycles. The number of benzene rings is 1. The first-order valence-corrected chi connectivity index (χ1v) is 6.95. The van der Waals surface area contributed by atoms with Crippen LogP contribution < -0.4 is 11.1 Å². The van der Waals surface area contributed by atoms with E-state index in [4.69, 9.17) is 18.0 Å². The highest BCUT2D eigenvalue weighted by Gasteiger charge is 2.09. The molecule has 2 nitrogen and oxygen atoms in total. The molecule has 3 N–H and O–H groups in total. The summed E-state index contributed by atoms with van der Waals surface area (Å²) in [6, 6.07) is 5.94. The third kappa shape index (κ3) is 4.28. The van der Waals surface area contributed by atoms with Gasteiger partial charge in [-0.25, -0.2) is 0 Å². The molecule has 1 atom stereocenters. The molecule has 4 heteroatoms. The van der Waals surface area contributed by atoms with Gasteiger partial charge in [0.15, 0.2) is 0 Å². The lowest BCUT2D eigenvalue weighted by Gasteiger charge is -2.18. The highest BCUT2D eigenvalue weighted by atomic mass is 79.9. The minimum atomic E-state index is 0.422. The van der Waals surface area contributed by atoms with Gasteiger partial charge in [0, 0.05) is 22.3 Å². The fourth-order valence-corrected chi connectivity index (χ4v) is 1.91. The minimum absolute atomic E-state index is 0.422. The molecule has 0 radical (unpaired) electrons. The smallest absolute Gasteiger partial charge is 0.106 e. The summed E-state index contributed by atoms with van der Waals surface area (Å²) in [5.74, 6) is 1.27. The van der Waals surface area contributed by atoms with Crippen LogP contribution in [0.3, 0.4) is 0 Å². The third-order valence-electron chi connectivity index (χ3n) is 3.00. The van der Waals surface area contributed by atoms with Crippen LogP contribution in [0, 0.1) is 11.8 Å². The van der Waals surface area contributed by atoms with Crippen LogP contribution in [0.25, 0.3) is 0 Å². The second-order valence-electron chi connectivity index (χ2n) is 4.66. The van der Waals surface area contributed by atoms with Gasteiger partial charge in [0.25, 0.3) is 0 Å². The van der Waals surface area contributed by atoms with Gasteiger partial charge >= 0.3 is 0 Å². The number of nitrogens with two attached hydrogens (primary N) is 1. The SMILES string of the molecule is CC(C)C(C)CNc1ccc(Br)cc1C(N)=S. The molecule has 0 aliphatic rings. The number of halogens is 1. The summed E-state index contributed by atoms with van der Waals surface area (Å²) in [7, 11) is 0. The number of hydrogen-bond donors (Lipinski definition) is 2. The first kappa shape index (κ1) is 14.5. The Morgan fingerprint density at radius 1 is 1.41 bits per heavy atom. The molecule has 0 aromatic heterocycles. The summed E-state index contributed by atoms with van der Waals surface area (Å²) in [5.41, 5.74) is 7.62. The molecular formula is C13H19BrN2S. The molecule has 0 fully saturated rings. The molecule has 17 heavy (non-hydrogen) atoms. The zero-order chi connectivity index (χ0) is 13.0. The summed E-state index contributed by atoms with van der Waals surface area (Å²) in [5, 5.41) is 3.41. The van der Waals surface area contributed by atoms with Crippen LogP contribution in [0.5, 0.6) is 0 Å². The first-order chi connectivity index (χ1) is 7.91. The Hall–Kier alpha value is -0.610. The van der Waals surface area contributed by atoms with E-state index in [-0.39, 0.29) is 0 Å². The highest BCUT2D eigenvalue weighted by Crippen LogP contribution is 2.22. The van der Waals surface area contributed by atoms with Crippen molar-refractivity contribution in [3.05, 3.63) is 28.2 Å². The van der Waals surface area contributed by atoms with Crippen molar-refractivity contribution in [1.82, 2.24) is 0 Å². The fourth-order valence-electron chi connectivity index (χ4n) is 1.38. The van der Waals surface area contributed by atoms with Gasteiger partial charge < -0.3 is 11.1 Å². The van der Waals surface area contributed by atoms with E-state index in [2.05, 4.69) is 42.0 Å². The molecule has 94 valence electrons. The minimum Gasteiger partial charge on any atom is -0.389 e. The zero-order valence-corrected chi connectivity index (χ0v) is 12.9. The second kappa shape index (κ2) is 6.36. The molecule has 1 unspecified atom stereocenters. The largest absolute Gasteiger partial charge is 0.389 e. The summed E-state index contributed by atoms with van der Waals surface area (Å²) >= 11 is 8.48. The molecule has 0 bridgehead atoms. The zero-order valence-electron chi connectivity index (χ0n) is 10.5. The van der Waals surface area contributed by atoms with Crippen LogP contribution in [0.15, 0.2) is 22.7 Å². The van der Waals surface area contributed by atoms with Gasteiger partial charge in [0.05, 0.1) is 0 Å². The summed E-state index contributed by atoms with van der Waals surface area (Å²) in [4.78, 5) is 0.422. The van der Waals surface area contributed by atoms with E-state index in [1.165, 1.54) is 0 Å². The van der Waals surface area contributed by atoms with Gasteiger partial charge in [-0.15, -0.1) is 0 Å². The molecule has 1 aromatic carbocycles. The van der Waals surface area contributed by atoms with E-state index >= 15 is 0 Å². The summed E-state index contributed by atoms with van der Waals surface area (Å²) in [6.07, 6.45) is 0. The van der Waals surface area contributed by atoms with E-state index in [1.54, 1.807) is 0 Å². The van der Waals surface area contributed by atoms with Crippen LogP contribution in [-0.4, -0.2) is 11.5 Å². The molecule has 0 aliphatic carbocycles. The standard InChI is InChI=1S/C13H19BrN2S/c1-8(2)9(3)7-16-12-5-4-10(14)6-11(12)13(15)17/h4-6,8-9,16H,7H2,1-3H3,(H2,15,17). The van der Waals surface area contributed by atoms with Gasteiger partial charge in [-0.2, -0.15) is 0 Å². The Kier molecular flexibility index (Phi) is 5.40. The average Bonchev–Trinajstić information content (AvgIpc) is 2.26. The molecule has 0 spiro atoms. The maximum Gasteiger partial charge on any atom is 0.106 e. The van der Waals surface area contributed by atoms with E-state index in [9.17, 15) is 0 Å². The molecule has 0 heterocycles. The summed E-state index contributed by atoms with van der Waals surface area (Å²) < 4.78 is 0.989. The van der Waals surface area contributed by atoms with E-state index < -0.39 is 0 Å². The first-order valence-electron chi connectivity index (χ1n) is 5.75. The molecule has 0 saturated heterocycles. The molecule has 1 aromatic rings. The van der Waals surface area contributed by atoms with Crippen LogP contribution in [0.4, 0.5) is 5.69 Å². The quantitative estimate of drug-likeness (QED) is 0.812. The third-order valence-corrected chi connectivity index (χ3v) is 3.71. The van der Waals surface area contributed by atoms with Crippen molar-refractivity contribution >= 4 is 38.8 Å². The summed E-state index contributed by atoms with van der Waals surface area (Å²) in [6.45, 7) is 7.61. The monoisotopic (exact) mass is 314 g/mol. The predicted octanol–water partition coefficient (Wildman–Crippen LogP) is 3.79. The van der Waals surface area contributed by atoms with Crippen molar-refractivity contribution in [2.45, 2.75) is 20.8 Å². The average molecular weight is 315 g/mol. The van der Waals surface area contributed by atoms with Crippen LogP contribution in [0.1, 0.15) is 26.3 Å². The van der Waals surface area contributed by atoms with Gasteiger partial charge in [-0.1, -0.05) is 48.9 Å². The number of thiocarbonyl (C=S) groups is 1. The van der Waals surface area contributed by atoms with E-state index in [0.29, 0.717) is 16.8 Å². The number of hydrogen-bond acceptors (Lipinski definition) is 2. The Morgan fingerprint density at radius 2 is 2.06 bits per heavy atom. The van der Waals surface area contributed by atoms with Crippen molar-refractivity contribution in [3.63, 3.8) is 0 Å². The maximum atomic E-state index is 5.72. The van der Waals surface area contributed by atoms with Crippen molar-refractivity contribution in [2.24, 2.45) is 17.6 Å². The molecule has 0 amide bonds. The normalized spacial score (nSPS) is 12.5. The van der Waals surface area contributed by atoms with Crippen molar-refractivity contribution in [3.8, 4) is 0 Å². The lowest BCUT2D eigenvalue weighted by molar-refractivity contribution is 0.440. The highest BCUT2D eigenvalue weighted by molar-refractivity contribution is 9.10. The van der Waals surface area contributed by atoms with Gasteiger partial charge in [-0.3, -0.25) is 0 Å². The van der Waals surface area contributed by atoms with Crippen molar-refractivity contribution in [1.29, 1.82) is 0 Å². The number of nitrogens with one attached hydrogen (secondary N) is 1. The lowest BCUT2D eigenvalue weighted by atomic mass is 9.98. The predicted molar refractivity (Wildman–Crippen MR) is 82.5 cm³/mol. The maximum absolute atomic E-state index is 5.72. The second-order valence-corrected chi connectivity index (χ2v) is 6.01. The Bertz CT molecular complexity index is 404. The lowest BCUT2D eigenvalue weighted by Crippen LogP contribution is -2.19. The van der Waals surface area contributed by atoms with Crippen LogP contribution in [0.2, 0.25) is 0 Å². The van der Waals surface area contributed by atoms with Crippen molar-refractivity contribution in [2.75, 3.05) is 11.9 Å². The number of anilines is 1. The Labute approximate surface area is 117 Å². The van der Waals surface area contributed by atoms with Gasteiger partial charge in [0.1, 0.15) is 4.99 Å². The van der Waals surface area contributed by atoms with Gasteiger partial charge in [0.2, 0.25) is 0 Å². The molecular weight excluding hydrogens is 296 g/mol. The molecule has 0 saturated carbocycles. The Morgan fingerprint density at radius 3 is 2.59 bits per heavy atom. The fraction of sp³-hybridized carbons (Fsp3) is 0.462. The Balaban J connectivity index is 2.80. The van der Waals surface area contributed by atoms with Crippen LogP contribution >= 0.6 is 28.1 Å². The van der Waals surface area contributed by atoms with E-state index in [1.807, 2.05) is 18.2 Å². The van der Waals surface area contributed by atoms with Gasteiger partial charge in [-0.05, 0) is 30.0 Å². The van der Waals surface area contributed by atoms with Crippen LogP contribution in [-0.2, 0) is 0 Å². The number of rotatable bonds is 5. The topological polar surface area (TPSA) is 38.0 Å². The van der Waals surface area contributed by atoms with Crippen molar-refractivity contribution < 1.29 is 0 Å². The van der Waals surface area contributed by atoms with E-state index in [0.717, 1.165) is 22.3 Å². The molecule has 1 rings (SSSR count).